The molecule has 1 atom stereocenters. The molecular weight excluding hydrogens is 559 g/mol. The molecule has 0 spiro atoms. The topological polar surface area (TPSA) is 54.8 Å². The van der Waals surface area contributed by atoms with E-state index in [-0.39, 0.29) is 6.54 Å². The Labute approximate surface area is 220 Å². The highest BCUT2D eigenvalue weighted by atomic mass is 79.9. The summed E-state index contributed by atoms with van der Waals surface area (Å²) in [6.45, 7) is 2.92. The SMILES string of the molecule is Fc1ccc(CNc2ncc3c(Br)c(-c4c(Cl)cccc4Cl)n(CC4CCCNC4)c3n2)cc1F. The molecule has 2 aromatic carbocycles. The zero-order valence-electron chi connectivity index (χ0n) is 18.6. The van der Waals surface area contributed by atoms with Crippen molar-refractivity contribution >= 4 is 56.1 Å². The molecular formula is C25H22BrCl2F2N5. The first-order valence-electron chi connectivity index (χ1n) is 11.3. The average Bonchev–Trinajstić information content (AvgIpc) is 3.11. The maximum atomic E-state index is 13.6. The number of nitrogens with one attached hydrogen (secondary N) is 2. The van der Waals surface area contributed by atoms with Crippen molar-refractivity contribution in [2.75, 3.05) is 18.4 Å². The van der Waals surface area contributed by atoms with Crippen LogP contribution >= 0.6 is 39.1 Å². The fourth-order valence-electron chi connectivity index (χ4n) is 4.49. The van der Waals surface area contributed by atoms with Crippen LogP contribution in [0.4, 0.5) is 14.7 Å². The van der Waals surface area contributed by atoms with Gasteiger partial charge in [0.15, 0.2) is 11.6 Å². The predicted octanol–water partition coefficient (Wildman–Crippen LogP) is 7.06. The van der Waals surface area contributed by atoms with E-state index in [2.05, 4.69) is 36.1 Å². The van der Waals surface area contributed by atoms with Gasteiger partial charge >= 0.3 is 0 Å². The molecule has 0 bridgehead atoms. The molecule has 1 saturated heterocycles. The van der Waals surface area contributed by atoms with Crippen LogP contribution in [0.2, 0.25) is 10.0 Å². The second-order valence-corrected chi connectivity index (χ2v) is 10.2. The van der Waals surface area contributed by atoms with Gasteiger partial charge in [-0.2, -0.15) is 4.98 Å². The summed E-state index contributed by atoms with van der Waals surface area (Å²) in [6.07, 6.45) is 3.96. The minimum Gasteiger partial charge on any atom is -0.350 e. The smallest absolute Gasteiger partial charge is 0.224 e. The summed E-state index contributed by atoms with van der Waals surface area (Å²) in [4.78, 5) is 9.25. The molecule has 3 heterocycles. The van der Waals surface area contributed by atoms with E-state index >= 15 is 0 Å². The highest BCUT2D eigenvalue weighted by Crippen LogP contribution is 2.43. The van der Waals surface area contributed by atoms with Gasteiger partial charge in [0.05, 0.1) is 25.6 Å². The third-order valence-electron chi connectivity index (χ3n) is 6.21. The van der Waals surface area contributed by atoms with Gasteiger partial charge in [-0.3, -0.25) is 0 Å². The van der Waals surface area contributed by atoms with E-state index in [0.29, 0.717) is 27.5 Å². The third-order valence-corrected chi connectivity index (χ3v) is 7.65. The molecule has 1 aliphatic rings. The molecule has 35 heavy (non-hydrogen) atoms. The van der Waals surface area contributed by atoms with Gasteiger partial charge in [0.2, 0.25) is 5.95 Å². The first-order chi connectivity index (χ1) is 16.9. The standard InChI is InChI=1S/C25H22BrCl2F2N5/c26-22-16-12-33-25(32-11-14-6-7-19(29)20(30)9-14)34-24(16)35(13-15-3-2-8-31-10-15)23(22)21-17(27)4-1-5-18(21)28/h1,4-7,9,12,15,31H,2-3,8,10-11,13H2,(H,32,33,34). The fraction of sp³-hybridized carbons (Fsp3) is 0.280. The Bertz CT molecular complexity index is 1370. The lowest BCUT2D eigenvalue weighted by Crippen LogP contribution is -2.32. The molecule has 0 saturated carbocycles. The Morgan fingerprint density at radius 3 is 2.66 bits per heavy atom. The molecule has 0 amide bonds. The number of hydrogen-bond donors (Lipinski definition) is 2. The largest absolute Gasteiger partial charge is 0.350 e. The number of nitrogens with zero attached hydrogens (tertiary/aromatic N) is 3. The number of anilines is 1. The Morgan fingerprint density at radius 1 is 1.14 bits per heavy atom. The number of fused-ring (bicyclic) bond motifs is 1. The average molecular weight is 581 g/mol. The van der Waals surface area contributed by atoms with Gasteiger partial charge in [0.1, 0.15) is 5.65 Å². The lowest BCUT2D eigenvalue weighted by molar-refractivity contribution is 0.341. The van der Waals surface area contributed by atoms with Crippen LogP contribution < -0.4 is 10.6 Å². The van der Waals surface area contributed by atoms with Crippen molar-refractivity contribution in [1.82, 2.24) is 19.9 Å². The Morgan fingerprint density at radius 2 is 1.94 bits per heavy atom. The fourth-order valence-corrected chi connectivity index (χ4v) is 5.75. The summed E-state index contributed by atoms with van der Waals surface area (Å²) in [5.41, 5.74) is 2.91. The van der Waals surface area contributed by atoms with Crippen LogP contribution in [0.15, 0.2) is 47.1 Å². The molecule has 5 rings (SSSR count). The minimum absolute atomic E-state index is 0.250. The summed E-state index contributed by atoms with van der Waals surface area (Å²) < 4.78 is 29.8. The Kier molecular flexibility index (Phi) is 7.25. The quantitative estimate of drug-likeness (QED) is 0.256. The summed E-state index contributed by atoms with van der Waals surface area (Å²) in [7, 11) is 0. The van der Waals surface area contributed by atoms with Gasteiger partial charge in [-0.15, -0.1) is 0 Å². The molecule has 1 fully saturated rings. The van der Waals surface area contributed by atoms with Gasteiger partial charge in [0.25, 0.3) is 0 Å². The monoisotopic (exact) mass is 579 g/mol. The van der Waals surface area contributed by atoms with Crippen LogP contribution in [0, 0.1) is 17.6 Å². The molecule has 0 aliphatic carbocycles. The van der Waals surface area contributed by atoms with E-state index in [0.717, 1.165) is 71.4 Å². The van der Waals surface area contributed by atoms with Crippen LogP contribution in [0.3, 0.4) is 0 Å². The number of piperidine rings is 1. The molecule has 1 unspecified atom stereocenters. The second-order valence-electron chi connectivity index (χ2n) is 8.62. The maximum Gasteiger partial charge on any atom is 0.224 e. The van der Waals surface area contributed by atoms with Crippen LogP contribution in [-0.2, 0) is 13.1 Å². The van der Waals surface area contributed by atoms with E-state index in [1.807, 2.05) is 18.2 Å². The summed E-state index contributed by atoms with van der Waals surface area (Å²) in [6, 6.07) is 9.25. The van der Waals surface area contributed by atoms with Crippen molar-refractivity contribution in [2.45, 2.75) is 25.9 Å². The minimum atomic E-state index is -0.888. The summed E-state index contributed by atoms with van der Waals surface area (Å²) in [5, 5.41) is 8.52. The highest BCUT2D eigenvalue weighted by molar-refractivity contribution is 9.10. The maximum absolute atomic E-state index is 13.6. The molecule has 10 heteroatoms. The van der Waals surface area contributed by atoms with Gasteiger partial charge in [0, 0.05) is 24.8 Å². The van der Waals surface area contributed by atoms with Gasteiger partial charge < -0.3 is 15.2 Å². The van der Waals surface area contributed by atoms with Gasteiger partial charge in [-0.05, 0) is 77.6 Å². The number of halogens is 5. The van der Waals surface area contributed by atoms with Crippen LogP contribution in [0.25, 0.3) is 22.3 Å². The number of rotatable bonds is 6. The van der Waals surface area contributed by atoms with Crippen LogP contribution in [0.5, 0.6) is 0 Å². The zero-order chi connectivity index (χ0) is 24.5. The number of aromatic nitrogens is 3. The molecule has 1 aliphatic heterocycles. The third kappa shape index (κ3) is 5.03. The van der Waals surface area contributed by atoms with E-state index in [9.17, 15) is 8.78 Å². The molecule has 2 N–H and O–H groups in total. The molecule has 5 nitrogen and oxygen atoms in total. The van der Waals surface area contributed by atoms with Gasteiger partial charge in [-0.25, -0.2) is 13.8 Å². The van der Waals surface area contributed by atoms with Crippen molar-refractivity contribution < 1.29 is 8.78 Å². The second kappa shape index (κ2) is 10.4. The molecule has 4 aromatic rings. The first-order valence-corrected chi connectivity index (χ1v) is 12.8. The summed E-state index contributed by atoms with van der Waals surface area (Å²) >= 11 is 17.0. The van der Waals surface area contributed by atoms with Crippen LogP contribution in [-0.4, -0.2) is 27.6 Å². The molecule has 182 valence electrons. The van der Waals surface area contributed by atoms with E-state index in [1.165, 1.54) is 6.07 Å². The van der Waals surface area contributed by atoms with Crippen molar-refractivity contribution in [3.05, 3.63) is 74.3 Å². The molecule has 0 radical (unpaired) electrons. The lowest BCUT2D eigenvalue weighted by Gasteiger charge is -2.25. The zero-order valence-corrected chi connectivity index (χ0v) is 21.7. The Balaban J connectivity index is 1.57. The van der Waals surface area contributed by atoms with Crippen molar-refractivity contribution in [1.29, 1.82) is 0 Å². The highest BCUT2D eigenvalue weighted by Gasteiger charge is 2.25. The number of benzene rings is 2. The van der Waals surface area contributed by atoms with Crippen molar-refractivity contribution in [3.8, 4) is 11.3 Å². The first kappa shape index (κ1) is 24.4. The summed E-state index contributed by atoms with van der Waals surface area (Å²) in [5.74, 6) is -0.968. The Hall–Kier alpha value is -2.26. The van der Waals surface area contributed by atoms with E-state index in [1.54, 1.807) is 6.20 Å². The van der Waals surface area contributed by atoms with Gasteiger partial charge in [-0.1, -0.05) is 35.3 Å². The predicted molar refractivity (Wildman–Crippen MR) is 140 cm³/mol. The van der Waals surface area contributed by atoms with Crippen molar-refractivity contribution in [3.63, 3.8) is 0 Å². The van der Waals surface area contributed by atoms with E-state index < -0.39 is 11.6 Å². The van der Waals surface area contributed by atoms with E-state index in [4.69, 9.17) is 28.2 Å². The lowest BCUT2D eigenvalue weighted by atomic mass is 9.99. The number of hydrogen-bond acceptors (Lipinski definition) is 4. The van der Waals surface area contributed by atoms with Crippen molar-refractivity contribution in [2.24, 2.45) is 5.92 Å². The normalized spacial score (nSPS) is 16.1. The molecule has 2 aromatic heterocycles. The van der Waals surface area contributed by atoms with Crippen LogP contribution in [0.1, 0.15) is 18.4 Å².